The summed E-state index contributed by atoms with van der Waals surface area (Å²) >= 11 is 0. The minimum atomic E-state index is -4.64. The summed E-state index contributed by atoms with van der Waals surface area (Å²) in [7, 11) is 0. The van der Waals surface area contributed by atoms with E-state index in [1.54, 1.807) is 12.1 Å². The maximum atomic E-state index is 12.4. The second-order valence-corrected chi connectivity index (χ2v) is 3.01. The first-order valence-corrected chi connectivity index (χ1v) is 4.17. The van der Waals surface area contributed by atoms with E-state index in [1.165, 1.54) is 12.1 Å². The molecule has 0 saturated carbocycles. The van der Waals surface area contributed by atoms with Crippen LogP contribution in [0.5, 0.6) is 0 Å². The molecule has 82 valence electrons. The Bertz CT molecular complexity index is 480. The average Bonchev–Trinajstić information content (AvgIpc) is 2.25. The predicted molar refractivity (Wildman–Crippen MR) is 48.9 cm³/mol. The Hall–Kier alpha value is -2.05. The molecule has 0 amide bonds. The van der Waals surface area contributed by atoms with Gasteiger partial charge in [-0.15, -0.1) is 0 Å². The van der Waals surface area contributed by atoms with Crippen LogP contribution < -0.4 is 5.73 Å². The quantitative estimate of drug-likeness (QED) is 0.794. The third-order valence-electron chi connectivity index (χ3n) is 2.02. The summed E-state index contributed by atoms with van der Waals surface area (Å²) in [5.41, 5.74) is 4.17. The lowest BCUT2D eigenvalue weighted by atomic mass is 9.97. The summed E-state index contributed by atoms with van der Waals surface area (Å²) in [6.45, 7) is 0. The molecular weight excluding hydrogens is 219 g/mol. The molecule has 0 saturated heterocycles. The smallest absolute Gasteiger partial charge is 0.316 e. The van der Waals surface area contributed by atoms with E-state index in [-0.39, 0.29) is 16.7 Å². The lowest BCUT2D eigenvalue weighted by molar-refractivity contribution is -0.149. The third-order valence-corrected chi connectivity index (χ3v) is 2.02. The minimum Gasteiger partial charge on any atom is -0.316 e. The molecule has 0 radical (unpaired) electrons. The van der Waals surface area contributed by atoms with Gasteiger partial charge in [-0.3, -0.25) is 0 Å². The van der Waals surface area contributed by atoms with Crippen LogP contribution in [0, 0.1) is 22.7 Å². The number of hydrogen-bond acceptors (Lipinski definition) is 3. The molecule has 0 aromatic heterocycles. The van der Waals surface area contributed by atoms with Crippen LogP contribution in [-0.2, 0) is 0 Å². The fraction of sp³-hybridized carbons (Fsp3) is 0.200. The standard InChI is InChI=1S/C10H6F3N3/c11-10(12,13)9(16)7-3-1-2-6(4-14)8(7)5-15/h1-3,9H,16H2/t9-/m0/s1. The van der Waals surface area contributed by atoms with Crippen molar-refractivity contribution in [1.29, 1.82) is 10.5 Å². The summed E-state index contributed by atoms with van der Waals surface area (Å²) < 4.78 is 37.1. The van der Waals surface area contributed by atoms with Crippen LogP contribution in [0.4, 0.5) is 13.2 Å². The number of halogens is 3. The second-order valence-electron chi connectivity index (χ2n) is 3.01. The zero-order valence-corrected chi connectivity index (χ0v) is 7.92. The molecule has 6 heteroatoms. The zero-order valence-electron chi connectivity index (χ0n) is 7.92. The molecule has 1 atom stereocenters. The highest BCUT2D eigenvalue weighted by molar-refractivity contribution is 5.51. The number of alkyl halides is 3. The monoisotopic (exact) mass is 225 g/mol. The average molecular weight is 225 g/mol. The summed E-state index contributed by atoms with van der Waals surface area (Å²) in [4.78, 5) is 0. The zero-order chi connectivity index (χ0) is 12.3. The second kappa shape index (κ2) is 4.21. The molecule has 0 bridgehead atoms. The number of nitrogens with zero attached hydrogens (tertiary/aromatic N) is 2. The van der Waals surface area contributed by atoms with E-state index in [1.807, 2.05) is 0 Å². The molecule has 2 N–H and O–H groups in total. The van der Waals surface area contributed by atoms with Crippen LogP contribution in [0.25, 0.3) is 0 Å². The van der Waals surface area contributed by atoms with Gasteiger partial charge in [-0.2, -0.15) is 23.7 Å². The maximum absolute atomic E-state index is 12.4. The molecule has 1 aromatic rings. The Morgan fingerprint density at radius 1 is 1.19 bits per heavy atom. The van der Waals surface area contributed by atoms with Crippen LogP contribution in [-0.4, -0.2) is 6.18 Å². The highest BCUT2D eigenvalue weighted by Gasteiger charge is 2.39. The Morgan fingerprint density at radius 3 is 2.25 bits per heavy atom. The van der Waals surface area contributed by atoms with Gasteiger partial charge < -0.3 is 5.73 Å². The normalized spacial score (nSPS) is 12.6. The van der Waals surface area contributed by atoms with Gasteiger partial charge in [-0.05, 0) is 11.6 Å². The van der Waals surface area contributed by atoms with Gasteiger partial charge in [-0.1, -0.05) is 12.1 Å². The number of rotatable bonds is 1. The van der Waals surface area contributed by atoms with Crippen molar-refractivity contribution in [2.75, 3.05) is 0 Å². The van der Waals surface area contributed by atoms with Crippen molar-refractivity contribution in [3.05, 3.63) is 34.9 Å². The maximum Gasteiger partial charge on any atom is 0.407 e. The Labute approximate surface area is 89.5 Å². The summed E-state index contributed by atoms with van der Waals surface area (Å²) in [5, 5.41) is 17.4. The molecule has 0 fully saturated rings. The molecule has 0 aliphatic rings. The van der Waals surface area contributed by atoms with Crippen LogP contribution in [0.2, 0.25) is 0 Å². The van der Waals surface area contributed by atoms with E-state index >= 15 is 0 Å². The summed E-state index contributed by atoms with van der Waals surface area (Å²) in [6.07, 6.45) is -4.64. The van der Waals surface area contributed by atoms with Crippen molar-refractivity contribution in [3.63, 3.8) is 0 Å². The van der Waals surface area contributed by atoms with Crippen LogP contribution in [0.1, 0.15) is 22.7 Å². The molecule has 1 aromatic carbocycles. The molecule has 0 heterocycles. The largest absolute Gasteiger partial charge is 0.407 e. The van der Waals surface area contributed by atoms with E-state index in [0.29, 0.717) is 0 Å². The predicted octanol–water partition coefficient (Wildman–Crippen LogP) is 1.99. The molecule has 1 rings (SSSR count). The SMILES string of the molecule is N#Cc1cccc([C@H](N)C(F)(F)F)c1C#N. The van der Waals surface area contributed by atoms with Crippen molar-refractivity contribution in [1.82, 2.24) is 0 Å². The number of nitriles is 2. The van der Waals surface area contributed by atoms with Gasteiger partial charge >= 0.3 is 6.18 Å². The van der Waals surface area contributed by atoms with Gasteiger partial charge in [0, 0.05) is 0 Å². The van der Waals surface area contributed by atoms with Gasteiger partial charge in [0.1, 0.15) is 18.2 Å². The fourth-order valence-electron chi connectivity index (χ4n) is 1.22. The van der Waals surface area contributed by atoms with E-state index in [2.05, 4.69) is 0 Å². The topological polar surface area (TPSA) is 73.6 Å². The molecule has 0 aliphatic carbocycles. The number of nitrogens with two attached hydrogens (primary N) is 1. The molecule has 3 nitrogen and oxygen atoms in total. The fourth-order valence-corrected chi connectivity index (χ4v) is 1.22. The highest BCUT2D eigenvalue weighted by Crippen LogP contribution is 2.32. The van der Waals surface area contributed by atoms with Gasteiger partial charge in [0.15, 0.2) is 0 Å². The van der Waals surface area contributed by atoms with Crippen LogP contribution >= 0.6 is 0 Å². The van der Waals surface area contributed by atoms with E-state index in [9.17, 15) is 13.2 Å². The van der Waals surface area contributed by atoms with Gasteiger partial charge in [0.2, 0.25) is 0 Å². The lowest BCUT2D eigenvalue weighted by Crippen LogP contribution is -2.29. The molecule has 16 heavy (non-hydrogen) atoms. The van der Waals surface area contributed by atoms with Crippen molar-refractivity contribution in [3.8, 4) is 12.1 Å². The summed E-state index contributed by atoms with van der Waals surface area (Å²) in [6, 6.07) is 4.59. The highest BCUT2D eigenvalue weighted by atomic mass is 19.4. The van der Waals surface area contributed by atoms with Gasteiger partial charge in [-0.25, -0.2) is 0 Å². The van der Waals surface area contributed by atoms with Gasteiger partial charge in [0.25, 0.3) is 0 Å². The van der Waals surface area contributed by atoms with E-state index in [4.69, 9.17) is 16.3 Å². The van der Waals surface area contributed by atoms with Gasteiger partial charge in [0.05, 0.1) is 11.1 Å². The summed E-state index contributed by atoms with van der Waals surface area (Å²) in [5.74, 6) is 0. The Kier molecular flexibility index (Phi) is 3.17. The lowest BCUT2D eigenvalue weighted by Gasteiger charge is -2.17. The van der Waals surface area contributed by atoms with E-state index in [0.717, 1.165) is 6.07 Å². The van der Waals surface area contributed by atoms with Crippen molar-refractivity contribution in [2.24, 2.45) is 5.73 Å². The molecule has 0 unspecified atom stereocenters. The third kappa shape index (κ3) is 2.13. The molecule has 0 aliphatic heterocycles. The van der Waals surface area contributed by atoms with Crippen LogP contribution in [0.15, 0.2) is 18.2 Å². The number of hydrogen-bond donors (Lipinski definition) is 1. The Balaban J connectivity index is 3.37. The minimum absolute atomic E-state index is 0.111. The van der Waals surface area contributed by atoms with Crippen molar-refractivity contribution in [2.45, 2.75) is 12.2 Å². The first-order valence-electron chi connectivity index (χ1n) is 4.17. The van der Waals surface area contributed by atoms with E-state index < -0.39 is 12.2 Å². The first-order chi connectivity index (χ1) is 7.41. The van der Waals surface area contributed by atoms with Crippen molar-refractivity contribution < 1.29 is 13.2 Å². The van der Waals surface area contributed by atoms with Crippen LogP contribution in [0.3, 0.4) is 0 Å². The molecule has 0 spiro atoms. The first kappa shape index (κ1) is 12.0. The number of benzene rings is 1. The van der Waals surface area contributed by atoms with Crippen molar-refractivity contribution >= 4 is 0 Å². The molecular formula is C10H6F3N3. The Morgan fingerprint density at radius 2 is 1.81 bits per heavy atom.